The van der Waals surface area contributed by atoms with Crippen LogP contribution in [0, 0.1) is 34.5 Å². The summed E-state index contributed by atoms with van der Waals surface area (Å²) in [5, 5.41) is 10.5. The van der Waals surface area contributed by atoms with Crippen LogP contribution in [0.5, 0.6) is 0 Å². The first-order chi connectivity index (χ1) is 12.0. The molecule has 1 N–H and O–H groups in total. The lowest BCUT2D eigenvalue weighted by Crippen LogP contribution is -2.54. The molecule has 2 heteroatoms. The summed E-state index contributed by atoms with van der Waals surface area (Å²) in [6, 6.07) is 0. The monoisotopic (exact) mass is 300 g/mol. The van der Waals surface area contributed by atoms with Crippen molar-refractivity contribution in [3.8, 4) is 0 Å². The molecule has 4 saturated carbocycles. The van der Waals surface area contributed by atoms with Crippen LogP contribution >= 0.6 is 0 Å². The van der Waals surface area contributed by atoms with Crippen molar-refractivity contribution in [1.82, 2.24) is 0 Å². The second-order valence-corrected chi connectivity index (χ2v) is 8.07. The predicted molar refractivity (Wildman–Crippen MR) is 82.7 cm³/mol. The molecule has 0 bridgehead atoms. The third-order valence-electron chi connectivity index (χ3n) is 7.24. The fraction of sp³-hybridized carbons (Fsp3) is 0.947. The fourth-order valence-electron chi connectivity index (χ4n) is 5.77. The summed E-state index contributed by atoms with van der Waals surface area (Å²) in [4.78, 5) is 12.3. The van der Waals surface area contributed by atoms with Crippen LogP contribution in [-0.2, 0) is 4.79 Å². The second-order valence-electron chi connectivity index (χ2n) is 8.07. The summed E-state index contributed by atoms with van der Waals surface area (Å²) in [6.45, 7) is 3.95. The van der Waals surface area contributed by atoms with Crippen molar-refractivity contribution in [2.45, 2.75) is 77.6 Å². The van der Waals surface area contributed by atoms with Crippen LogP contribution in [0.25, 0.3) is 0 Å². The molecule has 0 aromatic rings. The normalized spacial score (nSPS) is 77.5. The zero-order valence-corrected chi connectivity index (χ0v) is 13.0. The van der Waals surface area contributed by atoms with Crippen molar-refractivity contribution >= 4 is 5.78 Å². The first kappa shape index (κ1) is 9.70. The number of hydrogen-bond acceptors (Lipinski definition) is 2. The van der Waals surface area contributed by atoms with E-state index >= 15 is 0 Å². The lowest BCUT2D eigenvalue weighted by atomic mass is 9.45. The number of carbonyl (C=O) groups excluding carboxylic acids is 1. The summed E-state index contributed by atoms with van der Waals surface area (Å²) in [7, 11) is 0. The molecule has 0 heterocycles. The maximum Gasteiger partial charge on any atom is 0.133 e. The number of aliphatic hydroxyl groups excluding tert-OH is 1. The van der Waals surface area contributed by atoms with Gasteiger partial charge in [-0.1, -0.05) is 13.8 Å². The van der Waals surface area contributed by atoms with Gasteiger partial charge in [-0.3, -0.25) is 4.79 Å². The van der Waals surface area contributed by atoms with Crippen LogP contribution in [0.4, 0.5) is 0 Å². The van der Waals surface area contributed by atoms with Gasteiger partial charge in [-0.05, 0) is 79.4 Å². The van der Waals surface area contributed by atoms with E-state index in [2.05, 4.69) is 6.92 Å². The van der Waals surface area contributed by atoms with Gasteiger partial charge in [-0.2, -0.15) is 0 Å². The minimum atomic E-state index is -1.47. The van der Waals surface area contributed by atoms with Crippen LogP contribution in [0.2, 0.25) is 0 Å². The largest absolute Gasteiger partial charge is 0.393 e. The van der Waals surface area contributed by atoms with Crippen molar-refractivity contribution in [2.75, 3.05) is 0 Å². The van der Waals surface area contributed by atoms with Crippen LogP contribution in [-0.4, -0.2) is 17.0 Å². The van der Waals surface area contributed by atoms with Gasteiger partial charge in [-0.15, -0.1) is 0 Å². The Bertz CT molecular complexity index is 631. The zero-order chi connectivity index (χ0) is 19.2. The van der Waals surface area contributed by atoms with E-state index in [1.165, 1.54) is 0 Å². The summed E-state index contributed by atoms with van der Waals surface area (Å²) in [5.41, 5.74) is -1.18. The second kappa shape index (κ2) is 4.57. The van der Waals surface area contributed by atoms with E-state index in [1.54, 1.807) is 0 Å². The fourth-order valence-corrected chi connectivity index (χ4v) is 5.77. The zero-order valence-electron chi connectivity index (χ0n) is 18.0. The molecule has 4 rings (SSSR count). The van der Waals surface area contributed by atoms with Gasteiger partial charge in [0, 0.05) is 19.7 Å². The van der Waals surface area contributed by atoms with Gasteiger partial charge in [0.2, 0.25) is 0 Å². The van der Waals surface area contributed by atoms with Gasteiger partial charge in [-0.25, -0.2) is 0 Å². The Morgan fingerprint density at radius 2 is 1.95 bits per heavy atom. The Hall–Kier alpha value is -0.370. The molecule has 4 fully saturated rings. The summed E-state index contributed by atoms with van der Waals surface area (Å²) < 4.78 is 43.5. The number of Topliss-reactive ketones (excluding diaryl/α,β-unsaturated/α-hetero) is 1. The van der Waals surface area contributed by atoms with E-state index < -0.39 is 42.7 Å². The first-order valence-electron chi connectivity index (χ1n) is 11.2. The van der Waals surface area contributed by atoms with Crippen LogP contribution < -0.4 is 0 Å². The van der Waals surface area contributed by atoms with Crippen molar-refractivity contribution < 1.29 is 16.8 Å². The summed E-state index contributed by atoms with van der Waals surface area (Å²) in [5.74, 6) is -1.99. The third kappa shape index (κ3) is 1.84. The smallest absolute Gasteiger partial charge is 0.133 e. The van der Waals surface area contributed by atoms with Crippen LogP contribution in [0.15, 0.2) is 0 Å². The minimum Gasteiger partial charge on any atom is -0.393 e. The molecule has 0 amide bonds. The predicted octanol–water partition coefficient (Wildman–Crippen LogP) is 3.96. The number of carbonyl (C=O) groups is 1. The van der Waals surface area contributed by atoms with Crippen molar-refractivity contribution in [2.24, 2.45) is 34.5 Å². The highest BCUT2D eigenvalue weighted by Crippen LogP contribution is 2.65. The molecular formula is C19H30O2. The molecule has 4 aliphatic carbocycles. The molecule has 0 aliphatic heterocycles. The van der Waals surface area contributed by atoms with E-state index in [0.29, 0.717) is 12.8 Å². The van der Waals surface area contributed by atoms with E-state index in [4.69, 9.17) is 6.85 Å². The van der Waals surface area contributed by atoms with Gasteiger partial charge in [0.25, 0.3) is 0 Å². The maximum absolute atomic E-state index is 12.3. The highest BCUT2D eigenvalue weighted by Gasteiger charge is 2.59. The standard InChI is InChI=1S/C19H30O2/c1-18-9-7-13(20)11-12(18)3-4-14-15-5-6-17(21)19(15,2)10-8-16(14)18/h12,14-17,21H,3-11H2,1-2H3/t12-,14-,15-,16-,17-,18-,19-/m0/s1/i3T,4T,7T,9T,12T/t3?,4?,7?,9?,12-,14-,15-,16-,17-,18-,19-. The number of ketones is 1. The Labute approximate surface area is 135 Å². The molecular weight excluding hydrogens is 260 g/mol. The van der Waals surface area contributed by atoms with Gasteiger partial charge in [0.15, 0.2) is 0 Å². The SMILES string of the molecule is [3H]C1C(=O)C[C@]2([3H])C([3H])C([3H])[C@H]3[C@@H]4CC[C@H](O)[C@@]4(C)CC[C@@H]3[C@@]2(C)C1[3H]. The van der Waals surface area contributed by atoms with Crippen molar-refractivity contribution in [3.63, 3.8) is 0 Å². The molecule has 21 heavy (non-hydrogen) atoms. The highest BCUT2D eigenvalue weighted by atomic mass is 16.3. The highest BCUT2D eigenvalue weighted by molar-refractivity contribution is 5.79. The molecule has 11 atom stereocenters. The Balaban J connectivity index is 1.83. The van der Waals surface area contributed by atoms with E-state index in [9.17, 15) is 9.90 Å². The van der Waals surface area contributed by atoms with Crippen molar-refractivity contribution in [1.29, 1.82) is 0 Å². The molecule has 4 unspecified atom stereocenters. The molecule has 0 aromatic carbocycles. The summed E-state index contributed by atoms with van der Waals surface area (Å²) in [6.07, 6.45) is -1.52. The quantitative estimate of drug-likeness (QED) is 0.735. The minimum absolute atomic E-state index is 0.101. The molecule has 2 nitrogen and oxygen atoms in total. The summed E-state index contributed by atoms with van der Waals surface area (Å²) >= 11 is 0. The number of aliphatic hydroxyl groups is 1. The van der Waals surface area contributed by atoms with Crippen molar-refractivity contribution in [3.05, 3.63) is 0 Å². The number of fused-ring (bicyclic) bond motifs is 5. The molecule has 118 valence electrons. The lowest BCUT2D eigenvalue weighted by Gasteiger charge is -2.60. The average molecular weight is 300 g/mol. The van der Waals surface area contributed by atoms with E-state index in [1.807, 2.05) is 6.92 Å². The van der Waals surface area contributed by atoms with Gasteiger partial charge in [0.1, 0.15) is 5.78 Å². The Kier molecular flexibility index (Phi) is 2.11. The number of hydrogen-bond donors (Lipinski definition) is 1. The van der Waals surface area contributed by atoms with E-state index in [0.717, 1.165) is 12.8 Å². The molecule has 0 saturated heterocycles. The van der Waals surface area contributed by atoms with Gasteiger partial charge < -0.3 is 5.11 Å². The topological polar surface area (TPSA) is 37.3 Å². The molecule has 4 aliphatic rings. The van der Waals surface area contributed by atoms with Crippen LogP contribution in [0.3, 0.4) is 0 Å². The Morgan fingerprint density at radius 3 is 2.76 bits per heavy atom. The van der Waals surface area contributed by atoms with Gasteiger partial charge in [0.05, 0.1) is 6.10 Å². The molecule has 0 aromatic heterocycles. The van der Waals surface area contributed by atoms with E-state index in [-0.39, 0.29) is 35.7 Å². The first-order valence-corrected chi connectivity index (χ1v) is 8.40. The Morgan fingerprint density at radius 1 is 1.19 bits per heavy atom. The third-order valence-corrected chi connectivity index (χ3v) is 7.24. The average Bonchev–Trinajstić information content (AvgIpc) is 2.90. The molecule has 0 spiro atoms. The molecule has 0 radical (unpaired) electrons. The van der Waals surface area contributed by atoms with Crippen LogP contribution in [0.1, 0.15) is 78.4 Å². The van der Waals surface area contributed by atoms with Gasteiger partial charge >= 0.3 is 0 Å². The lowest BCUT2D eigenvalue weighted by molar-refractivity contribution is -0.141. The maximum atomic E-state index is 12.3. The number of rotatable bonds is 0.